The summed E-state index contributed by atoms with van der Waals surface area (Å²) in [7, 11) is -4.02. The Bertz CT molecular complexity index is 1840. The number of hydrogen-bond acceptors (Lipinski definition) is 12. The number of ether oxygens (including phenoxy) is 2. The molecule has 2 aromatic carbocycles. The Labute approximate surface area is 289 Å². The van der Waals surface area contributed by atoms with Crippen molar-refractivity contribution in [2.24, 2.45) is 0 Å². The van der Waals surface area contributed by atoms with Crippen molar-refractivity contribution >= 4 is 64.2 Å². The van der Waals surface area contributed by atoms with Crippen molar-refractivity contribution in [2.75, 3.05) is 19.3 Å². The molecule has 20 heteroatoms. The van der Waals surface area contributed by atoms with Gasteiger partial charge in [0.1, 0.15) is 29.8 Å². The molecule has 3 fully saturated rings. The molecule has 3 saturated heterocycles. The molecular weight excluding hydrogens is 700 g/mol. The number of sulfonamides is 1. The Hall–Kier alpha value is -5.37. The van der Waals surface area contributed by atoms with Gasteiger partial charge in [-0.15, -0.1) is 11.8 Å². The number of fused-ring (bicyclic) bond motifs is 1. The highest BCUT2D eigenvalue weighted by molar-refractivity contribution is 8.01. The molecule has 0 bridgehead atoms. The molecule has 4 atom stereocenters. The van der Waals surface area contributed by atoms with Crippen molar-refractivity contribution in [3.63, 3.8) is 0 Å². The zero-order chi connectivity index (χ0) is 36.6. The molecule has 3 heterocycles. The molecule has 3 aliphatic heterocycles. The van der Waals surface area contributed by atoms with Gasteiger partial charge in [-0.25, -0.2) is 36.8 Å². The van der Waals surface area contributed by atoms with Crippen molar-refractivity contribution in [1.29, 1.82) is 0 Å². The minimum Gasteiger partial charge on any atom is -0.478 e. The van der Waals surface area contributed by atoms with Gasteiger partial charge in [0, 0.05) is 0 Å². The lowest BCUT2D eigenvalue weighted by Gasteiger charge is -2.49. The van der Waals surface area contributed by atoms with Crippen molar-refractivity contribution < 1.29 is 56.6 Å². The lowest BCUT2D eigenvalue weighted by Crippen LogP contribution is -2.80. The molecule has 0 radical (unpaired) electrons. The maximum absolute atomic E-state index is 14.1. The molecule has 7 amide bonds. The summed E-state index contributed by atoms with van der Waals surface area (Å²) in [4.78, 5) is 91.1. The van der Waals surface area contributed by atoms with E-state index in [1.54, 1.807) is 30.3 Å². The van der Waals surface area contributed by atoms with Gasteiger partial charge in [-0.05, 0) is 37.1 Å². The monoisotopic (exact) mass is 732 g/mol. The molecule has 2 aromatic rings. The Balaban J connectivity index is 1.41. The highest BCUT2D eigenvalue weighted by atomic mass is 32.2. The molecule has 1 unspecified atom stereocenters. The summed E-state index contributed by atoms with van der Waals surface area (Å²) < 4.78 is 33.4. The maximum atomic E-state index is 14.1. The number of nitrogens with one attached hydrogen (secondary N) is 3. The topological polar surface area (TPSA) is 238 Å². The van der Waals surface area contributed by atoms with Gasteiger partial charge in [-0.1, -0.05) is 42.5 Å². The number of carboxylic acids is 1. The van der Waals surface area contributed by atoms with E-state index < -0.39 is 73.9 Å². The quantitative estimate of drug-likeness (QED) is 0.107. The van der Waals surface area contributed by atoms with E-state index in [1.165, 1.54) is 38.1 Å². The van der Waals surface area contributed by atoms with E-state index >= 15 is 0 Å². The maximum Gasteiger partial charge on any atom is 0.514 e. The van der Waals surface area contributed by atoms with Crippen LogP contribution < -0.4 is 20.7 Å². The average molecular weight is 733 g/mol. The Morgan fingerprint density at radius 3 is 2.30 bits per heavy atom. The summed E-state index contributed by atoms with van der Waals surface area (Å²) in [6, 6.07) is 8.79. The number of carboxylic acid groups (broad SMARTS) is 1. The van der Waals surface area contributed by atoms with Crippen LogP contribution in [0.1, 0.15) is 31.0 Å². The van der Waals surface area contributed by atoms with Crippen LogP contribution in [0.25, 0.3) is 0 Å². The second kappa shape index (κ2) is 13.5. The van der Waals surface area contributed by atoms with Crippen LogP contribution in [0.3, 0.4) is 0 Å². The van der Waals surface area contributed by atoms with Gasteiger partial charge in [-0.3, -0.25) is 19.3 Å². The van der Waals surface area contributed by atoms with Crippen LogP contribution in [0.2, 0.25) is 0 Å². The number of thioether (sulfide) groups is 1. The molecule has 4 N–H and O–H groups in total. The summed E-state index contributed by atoms with van der Waals surface area (Å²) in [5.41, 5.74) is -1.64. The molecule has 3 aliphatic rings. The van der Waals surface area contributed by atoms with Crippen LogP contribution in [0.4, 0.5) is 14.4 Å². The number of benzene rings is 2. The summed E-state index contributed by atoms with van der Waals surface area (Å²) in [6.45, 7) is 2.21. The number of imide groups is 1. The molecule has 0 aromatic heterocycles. The summed E-state index contributed by atoms with van der Waals surface area (Å²) in [5, 5.41) is 16.8. The lowest BCUT2D eigenvalue weighted by molar-refractivity contribution is -0.176. The number of urea groups is 2. The number of hydrogen-bond donors (Lipinski definition) is 4. The second-order valence-electron chi connectivity index (χ2n) is 11.8. The summed E-state index contributed by atoms with van der Waals surface area (Å²) in [5.74, 6) is -3.52. The van der Waals surface area contributed by atoms with E-state index in [1.807, 2.05) is 0 Å². The van der Waals surface area contributed by atoms with Gasteiger partial charge in [-0.2, -0.15) is 0 Å². The van der Waals surface area contributed by atoms with Crippen LogP contribution in [0.5, 0.6) is 5.75 Å². The first-order valence-corrected chi connectivity index (χ1v) is 17.6. The van der Waals surface area contributed by atoms with Crippen molar-refractivity contribution in [3.8, 4) is 5.75 Å². The van der Waals surface area contributed by atoms with Gasteiger partial charge in [0.15, 0.2) is 0 Å². The number of β-lactam (4-membered cyclic amide) rings is 1. The van der Waals surface area contributed by atoms with Crippen molar-refractivity contribution in [1.82, 2.24) is 30.1 Å². The fraction of sp³-hybridized carbons (Fsp3) is 0.367. The smallest absolute Gasteiger partial charge is 0.478 e. The van der Waals surface area contributed by atoms with Crippen LogP contribution in [0.15, 0.2) is 54.6 Å². The van der Waals surface area contributed by atoms with Gasteiger partial charge in [0.05, 0.1) is 24.1 Å². The van der Waals surface area contributed by atoms with E-state index in [0.717, 1.165) is 22.9 Å². The lowest BCUT2D eigenvalue weighted by atomic mass is 9.88. The third-order valence-corrected chi connectivity index (χ3v) is 11.1. The molecule has 18 nitrogen and oxygen atoms in total. The Morgan fingerprint density at radius 2 is 1.72 bits per heavy atom. The number of carbonyl (C=O) groups excluding carboxylic acids is 6. The predicted octanol–water partition coefficient (Wildman–Crippen LogP) is 0.556. The first-order valence-electron chi connectivity index (χ1n) is 14.9. The van der Waals surface area contributed by atoms with Crippen molar-refractivity contribution in [3.05, 3.63) is 65.7 Å². The minimum absolute atomic E-state index is 0.0171. The Morgan fingerprint density at radius 1 is 1.06 bits per heavy atom. The highest BCUT2D eigenvalue weighted by Gasteiger charge is 2.74. The summed E-state index contributed by atoms with van der Waals surface area (Å²) >= 11 is 1.03. The fourth-order valence-electron chi connectivity index (χ4n) is 5.81. The largest absolute Gasteiger partial charge is 0.514 e. The number of amides is 7. The molecule has 50 heavy (non-hydrogen) atoms. The Kier molecular flexibility index (Phi) is 9.70. The van der Waals surface area contributed by atoms with Crippen LogP contribution >= 0.6 is 11.8 Å². The van der Waals surface area contributed by atoms with Crippen LogP contribution in [0, 0.1) is 0 Å². The van der Waals surface area contributed by atoms with Gasteiger partial charge in [0.25, 0.3) is 5.91 Å². The first kappa shape index (κ1) is 35.9. The zero-order valence-electron chi connectivity index (χ0n) is 26.7. The normalized spacial score (nSPS) is 22.9. The number of nitrogens with zero attached hydrogens (tertiary/aromatic N) is 3. The molecular formula is C30H32N6O12S2. The molecule has 0 aliphatic carbocycles. The fourth-order valence-corrected chi connectivity index (χ4v) is 8.31. The van der Waals surface area contributed by atoms with Crippen LogP contribution in [-0.2, 0) is 40.5 Å². The van der Waals surface area contributed by atoms with E-state index in [9.17, 15) is 47.1 Å². The molecule has 5 rings (SSSR count). The number of aliphatic carboxylic acids is 1. The molecule has 0 spiro atoms. The third-order valence-electron chi connectivity index (χ3n) is 8.31. The minimum atomic E-state index is -4.02. The van der Waals surface area contributed by atoms with E-state index in [-0.39, 0.29) is 31.0 Å². The first-order chi connectivity index (χ1) is 23.5. The predicted molar refractivity (Wildman–Crippen MR) is 172 cm³/mol. The van der Waals surface area contributed by atoms with Crippen LogP contribution in [-0.4, -0.2) is 111 Å². The van der Waals surface area contributed by atoms with Gasteiger partial charge in [0.2, 0.25) is 28.0 Å². The van der Waals surface area contributed by atoms with Crippen molar-refractivity contribution in [2.45, 2.75) is 48.3 Å². The van der Waals surface area contributed by atoms with E-state index in [2.05, 4.69) is 16.0 Å². The van der Waals surface area contributed by atoms with Gasteiger partial charge >= 0.3 is 24.2 Å². The second-order valence-corrected chi connectivity index (χ2v) is 15.5. The third kappa shape index (κ3) is 6.50. The SMILES string of the molecule is CC1(C)S[C@@H]2[C@@H](NC=O)C(=O)N2[C@@]1(NC(=O)C(NC(=O)N1CCN(S(C)(=O)=O)C1=O)c1ccc(OC(=O)OCc2ccccc2)cc1)C(=O)O. The number of carbonyl (C=O) groups is 7. The molecule has 0 saturated carbocycles. The summed E-state index contributed by atoms with van der Waals surface area (Å²) in [6.07, 6.45) is 0.0579. The standard InChI is InChI=1S/C30H32N6O12S2/c1-29(2)30(25(40)41,36-23(39)21(31-16-37)24(36)49-29)33-22(38)20(32-26(42)34-13-14-35(27(34)43)50(3,45)46)18-9-11-19(12-10-18)48-28(44)47-15-17-7-5-4-6-8-17/h4-12,16,20-21,24H,13-15H2,1-3H3,(H,31,37)(H,32,42)(H,33,38)(H,40,41)/t20?,21-,24+,30-/m0/s1. The van der Waals surface area contributed by atoms with E-state index in [4.69, 9.17) is 9.47 Å². The highest BCUT2D eigenvalue weighted by Crippen LogP contribution is 2.55. The molecule has 266 valence electrons. The number of rotatable bonds is 11. The average Bonchev–Trinajstić information content (AvgIpc) is 3.55. The zero-order valence-corrected chi connectivity index (χ0v) is 28.4. The van der Waals surface area contributed by atoms with Gasteiger partial charge < -0.3 is 30.5 Å². The van der Waals surface area contributed by atoms with E-state index in [0.29, 0.717) is 21.2 Å².